The van der Waals surface area contributed by atoms with E-state index in [1.165, 1.54) is 0 Å². The highest BCUT2D eigenvalue weighted by atomic mass is 16.5. The third-order valence-electron chi connectivity index (χ3n) is 4.10. The fourth-order valence-corrected chi connectivity index (χ4v) is 3.02. The van der Waals surface area contributed by atoms with Gasteiger partial charge in [0.1, 0.15) is 0 Å². The molecule has 0 atom stereocenters. The van der Waals surface area contributed by atoms with Crippen molar-refractivity contribution in [3.63, 3.8) is 0 Å². The Balaban J connectivity index is 1.88. The summed E-state index contributed by atoms with van der Waals surface area (Å²) in [7, 11) is 1.83. The van der Waals surface area contributed by atoms with Crippen LogP contribution in [0.1, 0.15) is 33.7 Å². The number of rotatable bonds is 2. The minimum Gasteiger partial charge on any atom is -0.336 e. The number of pyridine rings is 1. The summed E-state index contributed by atoms with van der Waals surface area (Å²) in [5, 5.41) is 7.52. The van der Waals surface area contributed by atoms with Crippen LogP contribution >= 0.6 is 0 Å². The molecule has 7 heteroatoms. The molecule has 0 spiro atoms. The van der Waals surface area contributed by atoms with Crippen molar-refractivity contribution in [1.29, 1.82) is 0 Å². The van der Waals surface area contributed by atoms with Crippen molar-refractivity contribution in [3.8, 4) is 0 Å². The van der Waals surface area contributed by atoms with Crippen LogP contribution in [0.4, 0.5) is 5.95 Å². The Morgan fingerprint density at radius 3 is 3.05 bits per heavy atom. The van der Waals surface area contributed by atoms with Crippen LogP contribution in [-0.4, -0.2) is 25.6 Å². The second-order valence-corrected chi connectivity index (χ2v) is 5.53. The van der Waals surface area contributed by atoms with Gasteiger partial charge in [0.15, 0.2) is 0 Å². The summed E-state index contributed by atoms with van der Waals surface area (Å²) in [5.74, 6) is 0.321. The minimum atomic E-state index is -0.189. The molecule has 1 N–H and O–H groups in total. The molecule has 112 valence electrons. The highest BCUT2D eigenvalue weighted by Gasteiger charge is 2.27. The number of anilines is 1. The number of aryl methyl sites for hydroxylation is 3. The molecular weight excluding hydrogens is 282 g/mol. The van der Waals surface area contributed by atoms with E-state index >= 15 is 0 Å². The van der Waals surface area contributed by atoms with Gasteiger partial charge >= 0.3 is 0 Å². The number of imidazole rings is 1. The molecule has 0 saturated carbocycles. The van der Waals surface area contributed by atoms with Crippen molar-refractivity contribution < 1.29 is 9.32 Å². The summed E-state index contributed by atoms with van der Waals surface area (Å²) in [4.78, 5) is 21.5. The van der Waals surface area contributed by atoms with Gasteiger partial charge in [0, 0.05) is 25.1 Å². The monoisotopic (exact) mass is 297 g/mol. The lowest BCUT2D eigenvalue weighted by molar-refractivity contribution is 0.102. The molecule has 3 heterocycles. The zero-order valence-electron chi connectivity index (χ0n) is 12.4. The molecule has 0 aromatic carbocycles. The van der Waals surface area contributed by atoms with E-state index in [0.717, 1.165) is 30.5 Å². The average molecular weight is 297 g/mol. The molecule has 0 aliphatic heterocycles. The van der Waals surface area contributed by atoms with E-state index in [-0.39, 0.29) is 5.91 Å². The van der Waals surface area contributed by atoms with Crippen molar-refractivity contribution in [2.45, 2.75) is 26.2 Å². The van der Waals surface area contributed by atoms with Crippen LogP contribution < -0.4 is 5.32 Å². The smallest absolute Gasteiger partial charge is 0.259 e. The van der Waals surface area contributed by atoms with Crippen LogP contribution in [0.15, 0.2) is 16.9 Å². The van der Waals surface area contributed by atoms with Crippen LogP contribution in [-0.2, 0) is 19.9 Å². The largest absolute Gasteiger partial charge is 0.336 e. The maximum absolute atomic E-state index is 12.8. The topological polar surface area (TPSA) is 85.8 Å². The van der Waals surface area contributed by atoms with Crippen LogP contribution in [0.3, 0.4) is 0 Å². The fourth-order valence-electron chi connectivity index (χ4n) is 3.02. The Bertz CT molecular complexity index is 893. The molecule has 0 fully saturated rings. The second kappa shape index (κ2) is 4.66. The van der Waals surface area contributed by atoms with Gasteiger partial charge in [-0.15, -0.1) is 0 Å². The normalized spacial score (nSPS) is 13.5. The summed E-state index contributed by atoms with van der Waals surface area (Å²) >= 11 is 0. The van der Waals surface area contributed by atoms with E-state index in [1.54, 1.807) is 17.0 Å². The summed E-state index contributed by atoms with van der Waals surface area (Å²) in [6.45, 7) is 1.83. The van der Waals surface area contributed by atoms with Gasteiger partial charge in [-0.25, -0.2) is 9.97 Å². The number of hydrogen-bond acceptors (Lipinski definition) is 5. The van der Waals surface area contributed by atoms with Gasteiger partial charge < -0.3 is 9.09 Å². The fraction of sp³-hybridized carbons (Fsp3) is 0.333. The number of hydrogen-bond donors (Lipinski definition) is 1. The Labute approximate surface area is 126 Å². The first-order valence-corrected chi connectivity index (χ1v) is 7.21. The van der Waals surface area contributed by atoms with Gasteiger partial charge in [0.25, 0.3) is 11.6 Å². The van der Waals surface area contributed by atoms with Crippen LogP contribution in [0.25, 0.3) is 11.1 Å². The van der Waals surface area contributed by atoms with Crippen molar-refractivity contribution in [1.82, 2.24) is 19.7 Å². The van der Waals surface area contributed by atoms with E-state index in [9.17, 15) is 4.79 Å². The zero-order valence-corrected chi connectivity index (χ0v) is 12.4. The summed E-state index contributed by atoms with van der Waals surface area (Å²) < 4.78 is 7.02. The second-order valence-electron chi connectivity index (χ2n) is 5.53. The standard InChI is InChI=1S/C15H15N5O2/c1-8-11-12(13(21)18-15-16-6-7-20(15)2)9-4-3-5-10(9)17-14(11)22-19-8/h6-7H,3-5H2,1-2H3,(H,16,18,21). The van der Waals surface area contributed by atoms with E-state index in [0.29, 0.717) is 28.3 Å². The first kappa shape index (κ1) is 13.0. The van der Waals surface area contributed by atoms with Gasteiger partial charge in [-0.05, 0) is 31.7 Å². The number of carbonyl (C=O) groups is 1. The molecule has 1 amide bonds. The molecule has 1 aliphatic carbocycles. The highest BCUT2D eigenvalue weighted by Crippen LogP contribution is 2.32. The van der Waals surface area contributed by atoms with Crippen LogP contribution in [0.2, 0.25) is 0 Å². The molecule has 0 radical (unpaired) electrons. The molecule has 1 aliphatic rings. The lowest BCUT2D eigenvalue weighted by Gasteiger charge is -2.10. The van der Waals surface area contributed by atoms with Gasteiger partial charge in [0.05, 0.1) is 16.6 Å². The van der Waals surface area contributed by atoms with E-state index in [2.05, 4.69) is 20.4 Å². The first-order chi connectivity index (χ1) is 10.6. The highest BCUT2D eigenvalue weighted by molar-refractivity contribution is 6.13. The van der Waals surface area contributed by atoms with Crippen molar-refractivity contribution in [2.24, 2.45) is 7.05 Å². The Kier molecular flexibility index (Phi) is 2.75. The average Bonchev–Trinajstić information content (AvgIpc) is 3.19. The molecule has 3 aromatic rings. The SMILES string of the molecule is Cc1noc2nc3c(c(C(=O)Nc4nccn4C)c12)CCC3. The summed E-state index contributed by atoms with van der Waals surface area (Å²) in [6.07, 6.45) is 6.16. The van der Waals surface area contributed by atoms with Crippen LogP contribution in [0.5, 0.6) is 0 Å². The van der Waals surface area contributed by atoms with E-state index < -0.39 is 0 Å². The number of carbonyl (C=O) groups excluding carboxylic acids is 1. The van der Waals surface area contributed by atoms with Gasteiger partial charge in [-0.1, -0.05) is 5.16 Å². The predicted molar refractivity (Wildman–Crippen MR) is 79.7 cm³/mol. The quantitative estimate of drug-likeness (QED) is 0.782. The molecule has 0 bridgehead atoms. The van der Waals surface area contributed by atoms with E-state index in [1.807, 2.05) is 14.0 Å². The molecule has 22 heavy (non-hydrogen) atoms. The lowest BCUT2D eigenvalue weighted by atomic mass is 10.0. The van der Waals surface area contributed by atoms with Crippen molar-refractivity contribution >= 4 is 23.0 Å². The molecular formula is C15H15N5O2. The third kappa shape index (κ3) is 1.82. The number of nitrogens with zero attached hydrogens (tertiary/aromatic N) is 4. The number of fused-ring (bicyclic) bond motifs is 2. The molecule has 7 nitrogen and oxygen atoms in total. The summed E-state index contributed by atoms with van der Waals surface area (Å²) in [5.41, 5.74) is 3.68. The maximum atomic E-state index is 12.8. The Hall–Kier alpha value is -2.70. The van der Waals surface area contributed by atoms with Gasteiger partial charge in [-0.2, -0.15) is 0 Å². The maximum Gasteiger partial charge on any atom is 0.259 e. The Morgan fingerprint density at radius 2 is 2.27 bits per heavy atom. The van der Waals surface area contributed by atoms with Crippen molar-refractivity contribution in [2.75, 3.05) is 5.32 Å². The summed E-state index contributed by atoms with van der Waals surface area (Å²) in [6, 6.07) is 0. The minimum absolute atomic E-state index is 0.189. The third-order valence-corrected chi connectivity index (χ3v) is 4.10. The molecule has 3 aromatic heterocycles. The molecule has 0 unspecified atom stereocenters. The zero-order chi connectivity index (χ0) is 15.3. The number of aromatic nitrogens is 4. The van der Waals surface area contributed by atoms with Crippen molar-refractivity contribution in [3.05, 3.63) is 34.9 Å². The molecule has 0 saturated heterocycles. The van der Waals surface area contributed by atoms with Crippen LogP contribution in [0, 0.1) is 6.92 Å². The first-order valence-electron chi connectivity index (χ1n) is 7.21. The number of nitrogens with one attached hydrogen (secondary N) is 1. The lowest BCUT2D eigenvalue weighted by Crippen LogP contribution is -2.18. The van der Waals surface area contributed by atoms with Gasteiger partial charge in [-0.3, -0.25) is 10.1 Å². The Morgan fingerprint density at radius 1 is 1.41 bits per heavy atom. The van der Waals surface area contributed by atoms with E-state index in [4.69, 9.17) is 4.52 Å². The predicted octanol–water partition coefficient (Wildman–Crippen LogP) is 2.01. The van der Waals surface area contributed by atoms with Gasteiger partial charge in [0.2, 0.25) is 5.95 Å². The number of amides is 1. The molecule has 4 rings (SSSR count).